The van der Waals surface area contributed by atoms with Crippen LogP contribution in [0.2, 0.25) is 0 Å². The molecule has 8 heteroatoms. The van der Waals surface area contributed by atoms with E-state index >= 15 is 0 Å². The van der Waals surface area contributed by atoms with E-state index in [1.165, 1.54) is 12.1 Å². The molecule has 1 fully saturated rings. The van der Waals surface area contributed by atoms with Gasteiger partial charge < -0.3 is 9.32 Å². The predicted molar refractivity (Wildman–Crippen MR) is 89.2 cm³/mol. The number of benzene rings is 1. The van der Waals surface area contributed by atoms with Gasteiger partial charge in [-0.2, -0.15) is 0 Å². The zero-order chi connectivity index (χ0) is 17.1. The first-order chi connectivity index (χ1) is 12.3. The normalized spacial score (nSPS) is 15.5. The van der Waals surface area contributed by atoms with Crippen molar-refractivity contribution in [3.05, 3.63) is 54.4 Å². The van der Waals surface area contributed by atoms with E-state index < -0.39 is 0 Å². The topological polar surface area (TPSA) is 71.2 Å². The summed E-state index contributed by atoms with van der Waals surface area (Å²) in [6, 6.07) is 7.83. The Morgan fingerprint density at radius 2 is 1.68 bits per heavy atom. The quantitative estimate of drug-likeness (QED) is 0.719. The van der Waals surface area contributed by atoms with Crippen molar-refractivity contribution in [3.8, 4) is 11.5 Å². The number of anilines is 1. The van der Waals surface area contributed by atoms with Crippen molar-refractivity contribution in [2.24, 2.45) is 0 Å². The Labute approximate surface area is 144 Å². The maximum absolute atomic E-state index is 13.0. The van der Waals surface area contributed by atoms with Gasteiger partial charge in [-0.1, -0.05) is 0 Å². The van der Waals surface area contributed by atoms with Crippen molar-refractivity contribution < 1.29 is 8.81 Å². The van der Waals surface area contributed by atoms with Gasteiger partial charge in [0.2, 0.25) is 17.7 Å². The van der Waals surface area contributed by atoms with Crippen molar-refractivity contribution in [2.45, 2.75) is 6.54 Å². The standard InChI is InChI=1S/C17H17FN6O/c18-14-4-2-13(3-5-14)16-22-21-15(25-16)12-23-8-10-24(11-9-23)17-19-6-1-7-20-17/h1-7H,8-12H2. The van der Waals surface area contributed by atoms with Gasteiger partial charge in [0.15, 0.2) is 0 Å². The average Bonchev–Trinajstić information content (AvgIpc) is 3.12. The van der Waals surface area contributed by atoms with Crippen LogP contribution in [-0.4, -0.2) is 51.2 Å². The molecule has 1 aromatic carbocycles. The molecule has 1 aliphatic rings. The molecular formula is C17H17FN6O. The fraction of sp³-hybridized carbons (Fsp3) is 0.294. The smallest absolute Gasteiger partial charge is 0.247 e. The summed E-state index contributed by atoms with van der Waals surface area (Å²) in [7, 11) is 0. The van der Waals surface area contributed by atoms with Crippen molar-refractivity contribution >= 4 is 5.95 Å². The molecule has 0 radical (unpaired) electrons. The number of hydrogen-bond donors (Lipinski definition) is 0. The van der Waals surface area contributed by atoms with E-state index in [0.29, 0.717) is 23.9 Å². The number of aromatic nitrogens is 4. The zero-order valence-electron chi connectivity index (χ0n) is 13.5. The van der Waals surface area contributed by atoms with Gasteiger partial charge in [-0.25, -0.2) is 14.4 Å². The SMILES string of the molecule is Fc1ccc(-c2nnc(CN3CCN(c4ncccn4)CC3)o2)cc1. The lowest BCUT2D eigenvalue weighted by Crippen LogP contribution is -2.46. The first kappa shape index (κ1) is 15.6. The van der Waals surface area contributed by atoms with E-state index in [0.717, 1.165) is 32.1 Å². The molecule has 0 spiro atoms. The number of halogens is 1. The van der Waals surface area contributed by atoms with E-state index in [2.05, 4.69) is 30.0 Å². The van der Waals surface area contributed by atoms with Gasteiger partial charge in [0.25, 0.3) is 0 Å². The Bertz CT molecular complexity index is 815. The third-order valence-electron chi connectivity index (χ3n) is 4.12. The highest BCUT2D eigenvalue weighted by atomic mass is 19.1. The molecule has 0 atom stereocenters. The minimum Gasteiger partial charge on any atom is -0.419 e. The summed E-state index contributed by atoms with van der Waals surface area (Å²) in [4.78, 5) is 13.0. The van der Waals surface area contributed by atoms with Gasteiger partial charge in [0.05, 0.1) is 6.54 Å². The van der Waals surface area contributed by atoms with Crippen LogP contribution in [0.15, 0.2) is 47.1 Å². The molecule has 0 aliphatic carbocycles. The summed E-state index contributed by atoms with van der Waals surface area (Å²) in [6.07, 6.45) is 3.51. The summed E-state index contributed by atoms with van der Waals surface area (Å²) in [6.45, 7) is 4.03. The highest BCUT2D eigenvalue weighted by Crippen LogP contribution is 2.19. The molecule has 3 heterocycles. The van der Waals surface area contributed by atoms with E-state index in [-0.39, 0.29) is 5.82 Å². The molecule has 128 valence electrons. The Morgan fingerprint density at radius 1 is 0.960 bits per heavy atom. The minimum absolute atomic E-state index is 0.288. The van der Waals surface area contributed by atoms with Crippen LogP contribution in [0.25, 0.3) is 11.5 Å². The molecule has 7 nitrogen and oxygen atoms in total. The maximum atomic E-state index is 13.0. The van der Waals surface area contributed by atoms with Crippen molar-refractivity contribution in [2.75, 3.05) is 31.1 Å². The molecule has 1 saturated heterocycles. The van der Waals surface area contributed by atoms with Gasteiger partial charge in [0, 0.05) is 44.1 Å². The van der Waals surface area contributed by atoms with Crippen LogP contribution in [0.1, 0.15) is 5.89 Å². The molecule has 2 aromatic heterocycles. The van der Waals surface area contributed by atoms with Gasteiger partial charge in [-0.3, -0.25) is 4.90 Å². The van der Waals surface area contributed by atoms with Crippen LogP contribution in [0.5, 0.6) is 0 Å². The highest BCUT2D eigenvalue weighted by Gasteiger charge is 2.20. The van der Waals surface area contributed by atoms with Crippen molar-refractivity contribution in [1.82, 2.24) is 25.1 Å². The van der Waals surface area contributed by atoms with E-state index in [1.807, 2.05) is 6.07 Å². The summed E-state index contributed by atoms with van der Waals surface area (Å²) < 4.78 is 18.7. The Kier molecular flexibility index (Phi) is 4.34. The first-order valence-electron chi connectivity index (χ1n) is 8.10. The Morgan fingerprint density at radius 3 is 2.40 bits per heavy atom. The monoisotopic (exact) mass is 340 g/mol. The average molecular weight is 340 g/mol. The van der Waals surface area contributed by atoms with Crippen LogP contribution in [-0.2, 0) is 6.54 Å². The summed E-state index contributed by atoms with van der Waals surface area (Å²) >= 11 is 0. The van der Waals surface area contributed by atoms with Crippen LogP contribution < -0.4 is 4.90 Å². The third kappa shape index (κ3) is 3.63. The second-order valence-electron chi connectivity index (χ2n) is 5.82. The molecule has 4 rings (SSSR count). The second-order valence-corrected chi connectivity index (χ2v) is 5.82. The molecular weight excluding hydrogens is 323 g/mol. The van der Waals surface area contributed by atoms with E-state index in [9.17, 15) is 4.39 Å². The van der Waals surface area contributed by atoms with Crippen LogP contribution in [0.4, 0.5) is 10.3 Å². The van der Waals surface area contributed by atoms with Gasteiger partial charge in [0.1, 0.15) is 5.82 Å². The molecule has 25 heavy (non-hydrogen) atoms. The minimum atomic E-state index is -0.288. The van der Waals surface area contributed by atoms with Crippen LogP contribution in [0.3, 0.4) is 0 Å². The largest absolute Gasteiger partial charge is 0.419 e. The lowest BCUT2D eigenvalue weighted by atomic mass is 10.2. The maximum Gasteiger partial charge on any atom is 0.247 e. The van der Waals surface area contributed by atoms with Gasteiger partial charge >= 0.3 is 0 Å². The third-order valence-corrected chi connectivity index (χ3v) is 4.12. The van der Waals surface area contributed by atoms with Crippen LogP contribution >= 0.6 is 0 Å². The molecule has 0 saturated carbocycles. The number of nitrogens with zero attached hydrogens (tertiary/aromatic N) is 6. The predicted octanol–water partition coefficient (Wildman–Crippen LogP) is 1.99. The Balaban J connectivity index is 1.35. The zero-order valence-corrected chi connectivity index (χ0v) is 13.5. The first-order valence-corrected chi connectivity index (χ1v) is 8.10. The molecule has 0 unspecified atom stereocenters. The number of rotatable bonds is 4. The molecule has 3 aromatic rings. The summed E-state index contributed by atoms with van der Waals surface area (Å²) in [5.41, 5.74) is 0.714. The summed E-state index contributed by atoms with van der Waals surface area (Å²) in [5, 5.41) is 8.14. The molecule has 0 amide bonds. The fourth-order valence-corrected chi connectivity index (χ4v) is 2.78. The molecule has 0 bridgehead atoms. The molecule has 1 aliphatic heterocycles. The second kappa shape index (κ2) is 6.94. The summed E-state index contributed by atoms with van der Waals surface area (Å²) in [5.74, 6) is 1.44. The van der Waals surface area contributed by atoms with Crippen LogP contribution in [0, 0.1) is 5.82 Å². The van der Waals surface area contributed by atoms with Crippen molar-refractivity contribution in [3.63, 3.8) is 0 Å². The number of piperazine rings is 1. The van der Waals surface area contributed by atoms with Crippen molar-refractivity contribution in [1.29, 1.82) is 0 Å². The fourth-order valence-electron chi connectivity index (χ4n) is 2.78. The van der Waals surface area contributed by atoms with Gasteiger partial charge in [-0.15, -0.1) is 10.2 Å². The molecule has 0 N–H and O–H groups in total. The highest BCUT2D eigenvalue weighted by molar-refractivity contribution is 5.51. The van der Waals surface area contributed by atoms with E-state index in [4.69, 9.17) is 4.42 Å². The van der Waals surface area contributed by atoms with E-state index in [1.54, 1.807) is 24.5 Å². The lowest BCUT2D eigenvalue weighted by molar-refractivity contribution is 0.226. The number of hydrogen-bond acceptors (Lipinski definition) is 7. The lowest BCUT2D eigenvalue weighted by Gasteiger charge is -2.33. The Hall–Kier alpha value is -2.87. The van der Waals surface area contributed by atoms with Gasteiger partial charge in [-0.05, 0) is 30.3 Å².